The van der Waals surface area contributed by atoms with Gasteiger partial charge in [-0.15, -0.1) is 0 Å². The van der Waals surface area contributed by atoms with E-state index in [2.05, 4.69) is 19.2 Å². The fourth-order valence-electron chi connectivity index (χ4n) is 1.99. The molecule has 1 aliphatic heterocycles. The van der Waals surface area contributed by atoms with Crippen LogP contribution in [0.15, 0.2) is 0 Å². The Labute approximate surface area is 110 Å². The molecule has 100 valence electrons. The Kier molecular flexibility index (Phi) is 6.97. The number of thioether (sulfide) groups is 1. The molecule has 1 fully saturated rings. The van der Waals surface area contributed by atoms with Crippen molar-refractivity contribution >= 4 is 17.7 Å². The van der Waals surface area contributed by atoms with Crippen molar-refractivity contribution in [2.75, 3.05) is 31.6 Å². The molecule has 17 heavy (non-hydrogen) atoms. The maximum atomic E-state index is 11.9. The van der Waals surface area contributed by atoms with Crippen LogP contribution in [0.1, 0.15) is 33.1 Å². The lowest BCUT2D eigenvalue weighted by atomic mass is 10.1. The predicted octanol–water partition coefficient (Wildman–Crippen LogP) is 1.98. The average molecular weight is 258 g/mol. The van der Waals surface area contributed by atoms with Crippen molar-refractivity contribution < 1.29 is 4.79 Å². The van der Waals surface area contributed by atoms with Crippen molar-refractivity contribution in [1.82, 2.24) is 10.2 Å². The van der Waals surface area contributed by atoms with Gasteiger partial charge in [0.15, 0.2) is 0 Å². The Morgan fingerprint density at radius 3 is 2.59 bits per heavy atom. The van der Waals surface area contributed by atoms with Gasteiger partial charge in [-0.05, 0) is 38.0 Å². The summed E-state index contributed by atoms with van der Waals surface area (Å²) in [7, 11) is 2.00. The van der Waals surface area contributed by atoms with Gasteiger partial charge in [0.25, 0.3) is 0 Å². The molecule has 0 radical (unpaired) electrons. The Morgan fingerprint density at radius 2 is 2.06 bits per heavy atom. The molecule has 0 aromatic carbocycles. The third-order valence-corrected chi connectivity index (χ3v) is 4.30. The molecule has 1 aliphatic rings. The monoisotopic (exact) mass is 258 g/mol. The van der Waals surface area contributed by atoms with Crippen LogP contribution in [0, 0.1) is 5.92 Å². The minimum absolute atomic E-state index is 0.327. The van der Waals surface area contributed by atoms with Crippen molar-refractivity contribution in [3.8, 4) is 0 Å². The van der Waals surface area contributed by atoms with E-state index in [1.165, 1.54) is 6.42 Å². The molecular formula is C13H26N2OS. The van der Waals surface area contributed by atoms with Crippen LogP contribution >= 0.6 is 11.8 Å². The minimum atomic E-state index is 0.327. The number of piperidine rings is 1. The molecule has 0 aromatic heterocycles. The molecule has 1 amide bonds. The highest BCUT2D eigenvalue weighted by molar-refractivity contribution is 7.99. The Bertz CT molecular complexity index is 225. The first-order chi connectivity index (χ1) is 8.13. The van der Waals surface area contributed by atoms with E-state index in [9.17, 15) is 4.79 Å². The largest absolute Gasteiger partial charge is 0.342 e. The highest BCUT2D eigenvalue weighted by Crippen LogP contribution is 2.13. The standard InChI is InChI=1S/C13H26N2OS/c1-11(2)6-9-17-10-13(16)15-7-4-12(14-3)5-8-15/h11-12,14H,4-10H2,1-3H3. The molecule has 0 atom stereocenters. The van der Waals surface area contributed by atoms with E-state index in [1.807, 2.05) is 11.9 Å². The number of nitrogens with zero attached hydrogens (tertiary/aromatic N) is 1. The fraction of sp³-hybridized carbons (Fsp3) is 0.923. The molecule has 1 rings (SSSR count). The van der Waals surface area contributed by atoms with Gasteiger partial charge in [-0.2, -0.15) is 11.8 Å². The number of carbonyl (C=O) groups is 1. The average Bonchev–Trinajstić information content (AvgIpc) is 2.34. The highest BCUT2D eigenvalue weighted by Gasteiger charge is 2.21. The quantitative estimate of drug-likeness (QED) is 0.739. The van der Waals surface area contributed by atoms with E-state index < -0.39 is 0 Å². The Balaban J connectivity index is 2.12. The second-order valence-electron chi connectivity index (χ2n) is 5.18. The first kappa shape index (κ1) is 14.8. The van der Waals surface area contributed by atoms with Crippen LogP contribution in [-0.2, 0) is 4.79 Å². The van der Waals surface area contributed by atoms with Gasteiger partial charge in [0.1, 0.15) is 0 Å². The number of hydrogen-bond acceptors (Lipinski definition) is 3. The molecule has 1 saturated heterocycles. The Hall–Kier alpha value is -0.220. The maximum absolute atomic E-state index is 11.9. The third kappa shape index (κ3) is 5.77. The topological polar surface area (TPSA) is 32.3 Å². The summed E-state index contributed by atoms with van der Waals surface area (Å²) in [6.45, 7) is 6.31. The maximum Gasteiger partial charge on any atom is 0.232 e. The van der Waals surface area contributed by atoms with E-state index in [0.717, 1.165) is 37.6 Å². The van der Waals surface area contributed by atoms with Gasteiger partial charge in [0, 0.05) is 19.1 Å². The van der Waals surface area contributed by atoms with Crippen LogP contribution in [-0.4, -0.2) is 48.5 Å². The summed E-state index contributed by atoms with van der Waals surface area (Å²) in [6.07, 6.45) is 3.40. The van der Waals surface area contributed by atoms with Gasteiger partial charge >= 0.3 is 0 Å². The summed E-state index contributed by atoms with van der Waals surface area (Å²) in [5.74, 6) is 2.84. The zero-order valence-corrected chi connectivity index (χ0v) is 12.2. The molecule has 0 bridgehead atoms. The summed E-state index contributed by atoms with van der Waals surface area (Å²) in [5, 5.41) is 3.28. The summed E-state index contributed by atoms with van der Waals surface area (Å²) >= 11 is 1.78. The van der Waals surface area contributed by atoms with Crippen LogP contribution in [0.4, 0.5) is 0 Å². The normalized spacial score (nSPS) is 17.8. The number of rotatable bonds is 6. The van der Waals surface area contributed by atoms with Crippen molar-refractivity contribution in [3.63, 3.8) is 0 Å². The number of nitrogens with one attached hydrogen (secondary N) is 1. The zero-order chi connectivity index (χ0) is 12.7. The van der Waals surface area contributed by atoms with Gasteiger partial charge < -0.3 is 10.2 Å². The predicted molar refractivity (Wildman–Crippen MR) is 75.4 cm³/mol. The van der Waals surface area contributed by atoms with Crippen LogP contribution in [0.25, 0.3) is 0 Å². The number of likely N-dealkylation sites (tertiary alicyclic amines) is 1. The molecule has 1 heterocycles. The molecular weight excluding hydrogens is 232 g/mol. The number of hydrogen-bond donors (Lipinski definition) is 1. The third-order valence-electron chi connectivity index (χ3n) is 3.32. The van der Waals surface area contributed by atoms with Crippen LogP contribution in [0.3, 0.4) is 0 Å². The molecule has 0 spiro atoms. The molecule has 4 heteroatoms. The summed E-state index contributed by atoms with van der Waals surface area (Å²) in [5.41, 5.74) is 0. The molecule has 3 nitrogen and oxygen atoms in total. The van der Waals surface area contributed by atoms with Crippen molar-refractivity contribution in [2.24, 2.45) is 5.92 Å². The lowest BCUT2D eigenvalue weighted by Gasteiger charge is -2.31. The van der Waals surface area contributed by atoms with Gasteiger partial charge in [-0.1, -0.05) is 13.8 Å². The van der Waals surface area contributed by atoms with E-state index in [4.69, 9.17) is 0 Å². The molecule has 0 aromatic rings. The summed E-state index contributed by atoms with van der Waals surface area (Å²) in [6, 6.07) is 0.604. The van der Waals surface area contributed by atoms with Gasteiger partial charge in [0.05, 0.1) is 5.75 Å². The van der Waals surface area contributed by atoms with Crippen molar-refractivity contribution in [3.05, 3.63) is 0 Å². The van der Waals surface area contributed by atoms with E-state index in [-0.39, 0.29) is 0 Å². The van der Waals surface area contributed by atoms with Crippen molar-refractivity contribution in [1.29, 1.82) is 0 Å². The van der Waals surface area contributed by atoms with Crippen molar-refractivity contribution in [2.45, 2.75) is 39.2 Å². The van der Waals surface area contributed by atoms with Gasteiger partial charge in [0.2, 0.25) is 5.91 Å². The van der Waals surface area contributed by atoms with Crippen LogP contribution < -0.4 is 5.32 Å². The van der Waals surface area contributed by atoms with Gasteiger partial charge in [-0.25, -0.2) is 0 Å². The first-order valence-corrected chi connectivity index (χ1v) is 7.81. The smallest absolute Gasteiger partial charge is 0.232 e. The van der Waals surface area contributed by atoms with E-state index in [1.54, 1.807) is 11.8 Å². The number of carbonyl (C=O) groups excluding carboxylic acids is 1. The summed E-state index contributed by atoms with van der Waals surface area (Å²) in [4.78, 5) is 13.9. The lowest BCUT2D eigenvalue weighted by Crippen LogP contribution is -2.44. The SMILES string of the molecule is CNC1CCN(C(=O)CSCCC(C)C)CC1. The minimum Gasteiger partial charge on any atom is -0.342 e. The van der Waals surface area contributed by atoms with Crippen LogP contribution in [0.2, 0.25) is 0 Å². The van der Waals surface area contributed by atoms with Crippen LogP contribution in [0.5, 0.6) is 0 Å². The molecule has 1 N–H and O–H groups in total. The molecule has 0 aliphatic carbocycles. The molecule has 0 unspecified atom stereocenters. The summed E-state index contributed by atoms with van der Waals surface area (Å²) < 4.78 is 0. The highest BCUT2D eigenvalue weighted by atomic mass is 32.2. The van der Waals surface area contributed by atoms with Gasteiger partial charge in [-0.3, -0.25) is 4.79 Å². The number of amides is 1. The second kappa shape index (κ2) is 7.98. The lowest BCUT2D eigenvalue weighted by molar-refractivity contribution is -0.129. The zero-order valence-electron chi connectivity index (χ0n) is 11.4. The van der Waals surface area contributed by atoms with E-state index >= 15 is 0 Å². The Morgan fingerprint density at radius 1 is 1.41 bits per heavy atom. The second-order valence-corrected chi connectivity index (χ2v) is 6.28. The first-order valence-electron chi connectivity index (χ1n) is 6.66. The van der Waals surface area contributed by atoms with E-state index in [0.29, 0.717) is 17.7 Å². The fourth-order valence-corrected chi connectivity index (χ4v) is 3.13. The molecule has 0 saturated carbocycles.